The van der Waals surface area contributed by atoms with Crippen LogP contribution in [0.5, 0.6) is 11.5 Å². The molecule has 2 nitrogen and oxygen atoms in total. The maximum atomic E-state index is 6.33. The quantitative estimate of drug-likeness (QED) is 0.493. The lowest BCUT2D eigenvalue weighted by atomic mass is 9.68. The second-order valence-electron chi connectivity index (χ2n) is 5.95. The molecule has 0 bridgehead atoms. The Hall–Kier alpha value is -1.90. The largest absolute Gasteiger partial charge is 0.476 e. The second-order valence-corrected chi connectivity index (χ2v) is 6.89. The standard InChI is InChI=1S/C19H12Cl2O2/c20-11-5-7-14-17(9-11)22-18-10-12(21)6-8-15(18)19(14)13-3-1-2-4-16(13)23-19/h1-11,14H. The van der Waals surface area contributed by atoms with Crippen molar-refractivity contribution in [2.24, 2.45) is 5.92 Å². The van der Waals surface area contributed by atoms with Crippen molar-refractivity contribution < 1.29 is 9.47 Å². The van der Waals surface area contributed by atoms with E-state index in [0.29, 0.717) is 5.02 Å². The molecule has 2 heterocycles. The minimum atomic E-state index is -0.561. The van der Waals surface area contributed by atoms with Crippen molar-refractivity contribution in [3.8, 4) is 11.5 Å². The number of rotatable bonds is 0. The van der Waals surface area contributed by atoms with Crippen molar-refractivity contribution in [3.05, 3.63) is 82.6 Å². The molecule has 3 unspecified atom stereocenters. The third-order valence-corrected chi connectivity index (χ3v) is 5.19. The summed E-state index contributed by atoms with van der Waals surface area (Å²) < 4.78 is 12.4. The summed E-state index contributed by atoms with van der Waals surface area (Å²) in [7, 11) is 0. The Kier molecular flexibility index (Phi) is 2.68. The van der Waals surface area contributed by atoms with Gasteiger partial charge < -0.3 is 9.47 Å². The van der Waals surface area contributed by atoms with Gasteiger partial charge in [0.1, 0.15) is 17.3 Å². The lowest BCUT2D eigenvalue weighted by Gasteiger charge is -2.52. The van der Waals surface area contributed by atoms with Gasteiger partial charge in [-0.3, -0.25) is 0 Å². The van der Waals surface area contributed by atoms with Crippen LogP contribution in [0.2, 0.25) is 5.02 Å². The molecule has 5 rings (SSSR count). The molecule has 2 aromatic rings. The van der Waals surface area contributed by atoms with Gasteiger partial charge in [-0.15, -0.1) is 11.6 Å². The van der Waals surface area contributed by atoms with Gasteiger partial charge in [0.2, 0.25) is 0 Å². The van der Waals surface area contributed by atoms with Crippen molar-refractivity contribution >= 4 is 23.2 Å². The van der Waals surface area contributed by atoms with Gasteiger partial charge in [-0.2, -0.15) is 0 Å². The van der Waals surface area contributed by atoms with Gasteiger partial charge in [0.25, 0.3) is 0 Å². The number of para-hydroxylation sites is 1. The Balaban J connectivity index is 1.79. The molecular formula is C19H12Cl2O2. The van der Waals surface area contributed by atoms with Crippen LogP contribution in [-0.4, -0.2) is 5.38 Å². The Morgan fingerprint density at radius 3 is 2.65 bits per heavy atom. The minimum Gasteiger partial charge on any atom is -0.476 e. The molecule has 3 atom stereocenters. The van der Waals surface area contributed by atoms with Crippen LogP contribution in [0.3, 0.4) is 0 Å². The number of hydrogen-bond donors (Lipinski definition) is 0. The molecule has 3 aliphatic rings. The Morgan fingerprint density at radius 1 is 0.957 bits per heavy atom. The predicted octanol–water partition coefficient (Wildman–Crippen LogP) is 5.05. The highest BCUT2D eigenvalue weighted by molar-refractivity contribution is 6.30. The fourth-order valence-electron chi connectivity index (χ4n) is 3.72. The van der Waals surface area contributed by atoms with E-state index in [1.165, 1.54) is 5.56 Å². The number of allylic oxidation sites excluding steroid dienone is 2. The van der Waals surface area contributed by atoms with Crippen LogP contribution >= 0.6 is 23.2 Å². The van der Waals surface area contributed by atoms with E-state index in [1.54, 1.807) is 0 Å². The van der Waals surface area contributed by atoms with E-state index in [1.807, 2.05) is 48.6 Å². The second kappa shape index (κ2) is 4.56. The molecule has 2 aromatic carbocycles. The Bertz CT molecular complexity index is 887. The normalized spacial score (nSPS) is 29.4. The highest BCUT2D eigenvalue weighted by atomic mass is 35.5. The van der Waals surface area contributed by atoms with E-state index in [9.17, 15) is 0 Å². The summed E-state index contributed by atoms with van der Waals surface area (Å²) in [5, 5.41) is 0.466. The number of benzene rings is 2. The summed E-state index contributed by atoms with van der Waals surface area (Å²) in [5.74, 6) is 2.43. The first-order valence-corrected chi connectivity index (χ1v) is 8.30. The van der Waals surface area contributed by atoms with Gasteiger partial charge in [-0.05, 0) is 30.3 Å². The molecule has 114 valence electrons. The van der Waals surface area contributed by atoms with Gasteiger partial charge in [0, 0.05) is 16.1 Å². The summed E-state index contributed by atoms with van der Waals surface area (Å²) in [5.41, 5.74) is 1.61. The fourth-order valence-corrected chi connectivity index (χ4v) is 4.09. The van der Waals surface area contributed by atoms with Crippen LogP contribution in [0.4, 0.5) is 0 Å². The minimum absolute atomic E-state index is 0.0268. The first kappa shape index (κ1) is 13.5. The molecule has 4 heteroatoms. The van der Waals surface area contributed by atoms with Crippen LogP contribution in [0, 0.1) is 5.92 Å². The van der Waals surface area contributed by atoms with Crippen molar-refractivity contribution in [1.82, 2.24) is 0 Å². The van der Waals surface area contributed by atoms with Crippen LogP contribution in [0.25, 0.3) is 0 Å². The average Bonchev–Trinajstić information content (AvgIpc) is 2.52. The molecule has 1 aliphatic carbocycles. The molecule has 0 saturated carbocycles. The first-order valence-electron chi connectivity index (χ1n) is 7.49. The lowest BCUT2D eigenvalue weighted by molar-refractivity contribution is -0.000147. The topological polar surface area (TPSA) is 18.5 Å². The first-order chi connectivity index (χ1) is 11.2. The highest BCUT2D eigenvalue weighted by Crippen LogP contribution is 2.60. The number of halogens is 2. The van der Waals surface area contributed by atoms with Crippen LogP contribution in [0.15, 0.2) is 66.5 Å². The van der Waals surface area contributed by atoms with E-state index < -0.39 is 5.60 Å². The lowest BCUT2D eigenvalue weighted by Crippen LogP contribution is -2.52. The van der Waals surface area contributed by atoms with Crippen molar-refractivity contribution in [3.63, 3.8) is 0 Å². The third kappa shape index (κ3) is 1.71. The molecule has 0 fully saturated rings. The van der Waals surface area contributed by atoms with Crippen LogP contribution < -0.4 is 9.47 Å². The molecule has 2 aliphatic heterocycles. The molecule has 23 heavy (non-hydrogen) atoms. The predicted molar refractivity (Wildman–Crippen MR) is 90.3 cm³/mol. The molecule has 1 spiro atoms. The number of ether oxygens (including phenoxy) is 2. The SMILES string of the molecule is Clc1ccc2c(c1)OC1=CC(Cl)C=CC1C21Oc2ccccc21. The van der Waals surface area contributed by atoms with E-state index in [-0.39, 0.29) is 11.3 Å². The van der Waals surface area contributed by atoms with E-state index >= 15 is 0 Å². The zero-order valence-electron chi connectivity index (χ0n) is 12.0. The number of alkyl halides is 1. The van der Waals surface area contributed by atoms with Gasteiger partial charge >= 0.3 is 0 Å². The van der Waals surface area contributed by atoms with Gasteiger partial charge in [0.05, 0.1) is 11.3 Å². The maximum Gasteiger partial charge on any atom is 0.179 e. The van der Waals surface area contributed by atoms with Crippen LogP contribution in [0.1, 0.15) is 11.1 Å². The molecule has 0 aromatic heterocycles. The average molecular weight is 343 g/mol. The van der Waals surface area contributed by atoms with E-state index in [0.717, 1.165) is 22.8 Å². The summed E-state index contributed by atoms with van der Waals surface area (Å²) >= 11 is 12.4. The summed E-state index contributed by atoms with van der Waals surface area (Å²) in [6.07, 6.45) is 5.99. The monoisotopic (exact) mass is 342 g/mol. The number of hydrogen-bond acceptors (Lipinski definition) is 2. The number of fused-ring (bicyclic) bond motifs is 6. The Morgan fingerprint density at radius 2 is 1.78 bits per heavy atom. The smallest absolute Gasteiger partial charge is 0.179 e. The molecule has 0 N–H and O–H groups in total. The van der Waals surface area contributed by atoms with E-state index in [2.05, 4.69) is 12.1 Å². The maximum absolute atomic E-state index is 6.33. The van der Waals surface area contributed by atoms with Gasteiger partial charge in [-0.25, -0.2) is 0 Å². The zero-order valence-corrected chi connectivity index (χ0v) is 13.5. The van der Waals surface area contributed by atoms with Gasteiger partial charge in [0.15, 0.2) is 5.60 Å². The highest BCUT2D eigenvalue weighted by Gasteiger charge is 2.57. The van der Waals surface area contributed by atoms with E-state index in [4.69, 9.17) is 32.7 Å². The summed E-state index contributed by atoms with van der Waals surface area (Å²) in [4.78, 5) is 0. The van der Waals surface area contributed by atoms with Crippen molar-refractivity contribution in [1.29, 1.82) is 0 Å². The van der Waals surface area contributed by atoms with Gasteiger partial charge in [-0.1, -0.05) is 42.0 Å². The molecule has 0 radical (unpaired) electrons. The third-order valence-electron chi connectivity index (χ3n) is 4.69. The molecule has 0 amide bonds. The Labute approximate surface area is 143 Å². The fraction of sp³-hybridized carbons (Fsp3) is 0.158. The summed E-state index contributed by atoms with van der Waals surface area (Å²) in [6.45, 7) is 0. The zero-order chi connectivity index (χ0) is 15.6. The van der Waals surface area contributed by atoms with Crippen molar-refractivity contribution in [2.75, 3.05) is 0 Å². The summed E-state index contributed by atoms with van der Waals surface area (Å²) in [6, 6.07) is 13.8. The molecular weight excluding hydrogens is 331 g/mol. The molecule has 0 saturated heterocycles. The van der Waals surface area contributed by atoms with Crippen molar-refractivity contribution in [2.45, 2.75) is 11.0 Å². The van der Waals surface area contributed by atoms with Crippen LogP contribution in [-0.2, 0) is 5.60 Å².